The highest BCUT2D eigenvalue weighted by molar-refractivity contribution is 7.99. The van der Waals surface area contributed by atoms with Crippen LogP contribution in [0.2, 0.25) is 5.02 Å². The van der Waals surface area contributed by atoms with Gasteiger partial charge in [0.2, 0.25) is 0 Å². The van der Waals surface area contributed by atoms with E-state index in [1.54, 1.807) is 6.07 Å². The van der Waals surface area contributed by atoms with Crippen molar-refractivity contribution in [2.75, 3.05) is 0 Å². The lowest BCUT2D eigenvalue weighted by molar-refractivity contribution is 0.0987. The van der Waals surface area contributed by atoms with Crippen LogP contribution in [0, 0.1) is 0 Å². The summed E-state index contributed by atoms with van der Waals surface area (Å²) >= 11 is 7.44. The van der Waals surface area contributed by atoms with Crippen LogP contribution in [0.25, 0.3) is 0 Å². The molecule has 0 aliphatic carbocycles. The van der Waals surface area contributed by atoms with Crippen molar-refractivity contribution in [2.45, 2.75) is 16.2 Å². The summed E-state index contributed by atoms with van der Waals surface area (Å²) in [4.78, 5) is 13.6. The number of halogens is 1. The highest BCUT2D eigenvalue weighted by atomic mass is 35.5. The van der Waals surface area contributed by atoms with E-state index < -0.39 is 0 Å². The Morgan fingerprint density at radius 2 is 1.95 bits per heavy atom. The molecule has 0 spiro atoms. The topological polar surface area (TPSA) is 57.5 Å². The normalized spacial score (nSPS) is 13.6. The molecule has 0 saturated carbocycles. The molecule has 1 aliphatic rings. The summed E-state index contributed by atoms with van der Waals surface area (Å²) in [5.41, 5.74) is 1.00. The molecule has 2 aromatic carbocycles. The molecule has 0 radical (unpaired) electrons. The standard InChI is InChI=1S/C14H9ClO3S/c15-9-2-1-3-12-8(9)6-11(18)14-10(17)4-7(16)5-13(14)19-12/h1-5,16-17H,6H2. The molecule has 0 atom stereocenters. The van der Waals surface area contributed by atoms with Gasteiger partial charge in [0.1, 0.15) is 11.5 Å². The van der Waals surface area contributed by atoms with Crippen LogP contribution in [0.1, 0.15) is 15.9 Å². The molecule has 0 bridgehead atoms. The first-order chi connectivity index (χ1) is 9.06. The van der Waals surface area contributed by atoms with Crippen molar-refractivity contribution in [2.24, 2.45) is 0 Å². The van der Waals surface area contributed by atoms with Crippen molar-refractivity contribution in [3.05, 3.63) is 46.5 Å². The quantitative estimate of drug-likeness (QED) is 0.778. The molecule has 96 valence electrons. The molecule has 0 fully saturated rings. The average Bonchev–Trinajstić information content (AvgIpc) is 2.46. The Hall–Kier alpha value is -1.65. The Balaban J connectivity index is 2.24. The van der Waals surface area contributed by atoms with Crippen LogP contribution in [0.3, 0.4) is 0 Å². The molecule has 3 nitrogen and oxygen atoms in total. The van der Waals surface area contributed by atoms with E-state index in [4.69, 9.17) is 11.6 Å². The number of benzene rings is 2. The van der Waals surface area contributed by atoms with Crippen LogP contribution >= 0.6 is 23.4 Å². The van der Waals surface area contributed by atoms with E-state index in [9.17, 15) is 15.0 Å². The molecule has 0 unspecified atom stereocenters. The lowest BCUT2D eigenvalue weighted by Crippen LogP contribution is -2.04. The van der Waals surface area contributed by atoms with Crippen LogP contribution in [-0.4, -0.2) is 16.0 Å². The molecule has 0 amide bonds. The Morgan fingerprint density at radius 1 is 1.16 bits per heavy atom. The second-order valence-electron chi connectivity index (χ2n) is 4.26. The van der Waals surface area contributed by atoms with Gasteiger partial charge in [-0.2, -0.15) is 0 Å². The third-order valence-electron chi connectivity index (χ3n) is 2.98. The van der Waals surface area contributed by atoms with Crippen LogP contribution in [0.5, 0.6) is 11.5 Å². The van der Waals surface area contributed by atoms with Crippen molar-refractivity contribution in [1.29, 1.82) is 0 Å². The van der Waals surface area contributed by atoms with Crippen LogP contribution in [0.4, 0.5) is 0 Å². The first-order valence-corrected chi connectivity index (χ1v) is 6.80. The fourth-order valence-corrected chi connectivity index (χ4v) is 3.61. The lowest BCUT2D eigenvalue weighted by atomic mass is 10.0. The highest BCUT2D eigenvalue weighted by Crippen LogP contribution is 2.43. The number of hydrogen-bond acceptors (Lipinski definition) is 4. The first kappa shape index (κ1) is 12.4. The molecule has 3 rings (SSSR count). The van der Waals surface area contributed by atoms with Gasteiger partial charge in [-0.15, -0.1) is 0 Å². The minimum Gasteiger partial charge on any atom is -0.508 e. The Bertz CT molecular complexity index is 697. The van der Waals surface area contributed by atoms with E-state index in [0.29, 0.717) is 9.92 Å². The Kier molecular flexibility index (Phi) is 2.92. The number of Topliss-reactive ketones (excluding diaryl/α,β-unsaturated/α-hetero) is 1. The summed E-state index contributed by atoms with van der Waals surface area (Å²) < 4.78 is 0. The predicted octanol–water partition coefficient (Wildman–Crippen LogP) is 3.64. The van der Waals surface area contributed by atoms with Gasteiger partial charge in [0.05, 0.1) is 5.56 Å². The molecule has 2 aromatic rings. The summed E-state index contributed by atoms with van der Waals surface area (Å²) in [6.45, 7) is 0. The number of aromatic hydroxyl groups is 2. The number of fused-ring (bicyclic) bond motifs is 2. The van der Waals surface area contributed by atoms with Crippen LogP contribution in [-0.2, 0) is 6.42 Å². The zero-order valence-electron chi connectivity index (χ0n) is 9.68. The van der Waals surface area contributed by atoms with Gasteiger partial charge in [0.15, 0.2) is 5.78 Å². The summed E-state index contributed by atoms with van der Waals surface area (Å²) in [5, 5.41) is 19.9. The molecule has 19 heavy (non-hydrogen) atoms. The van der Waals surface area contributed by atoms with Gasteiger partial charge in [0, 0.05) is 27.3 Å². The van der Waals surface area contributed by atoms with Crippen LogP contribution in [0.15, 0.2) is 40.1 Å². The molecule has 1 aliphatic heterocycles. The van der Waals surface area contributed by atoms with Gasteiger partial charge in [-0.05, 0) is 23.8 Å². The molecule has 0 saturated heterocycles. The Morgan fingerprint density at radius 3 is 2.74 bits per heavy atom. The van der Waals surface area contributed by atoms with E-state index >= 15 is 0 Å². The van der Waals surface area contributed by atoms with Crippen molar-refractivity contribution >= 4 is 29.1 Å². The number of hydrogen-bond donors (Lipinski definition) is 2. The minimum atomic E-state index is -0.202. The fraction of sp³-hybridized carbons (Fsp3) is 0.0714. The maximum atomic E-state index is 12.2. The number of carbonyl (C=O) groups excluding carboxylic acids is 1. The predicted molar refractivity (Wildman–Crippen MR) is 73.4 cm³/mol. The molecule has 0 aromatic heterocycles. The number of carbonyl (C=O) groups is 1. The lowest BCUT2D eigenvalue weighted by Gasteiger charge is -2.07. The zero-order chi connectivity index (χ0) is 13.6. The Labute approximate surface area is 118 Å². The summed E-state index contributed by atoms with van der Waals surface area (Å²) in [6.07, 6.45) is 0.146. The maximum absolute atomic E-state index is 12.2. The smallest absolute Gasteiger partial charge is 0.172 e. The van der Waals surface area contributed by atoms with Crippen LogP contribution < -0.4 is 0 Å². The molecule has 5 heteroatoms. The van der Waals surface area contributed by atoms with Gasteiger partial charge in [-0.25, -0.2) is 0 Å². The summed E-state index contributed by atoms with van der Waals surface area (Å²) in [6, 6.07) is 8.08. The summed E-state index contributed by atoms with van der Waals surface area (Å²) in [5.74, 6) is -0.467. The first-order valence-electron chi connectivity index (χ1n) is 5.60. The summed E-state index contributed by atoms with van der Waals surface area (Å²) in [7, 11) is 0. The largest absolute Gasteiger partial charge is 0.508 e. The molecule has 2 N–H and O–H groups in total. The third-order valence-corrected chi connectivity index (χ3v) is 4.48. The third kappa shape index (κ3) is 2.07. The van der Waals surface area contributed by atoms with E-state index in [0.717, 1.165) is 10.5 Å². The molecule has 1 heterocycles. The monoisotopic (exact) mass is 292 g/mol. The highest BCUT2D eigenvalue weighted by Gasteiger charge is 2.25. The maximum Gasteiger partial charge on any atom is 0.172 e. The number of phenolic OH excluding ortho intramolecular Hbond substituents is 2. The van der Waals surface area contributed by atoms with Gasteiger partial charge < -0.3 is 10.2 Å². The van der Waals surface area contributed by atoms with E-state index in [2.05, 4.69) is 0 Å². The van der Waals surface area contributed by atoms with E-state index in [1.807, 2.05) is 12.1 Å². The molecular weight excluding hydrogens is 284 g/mol. The number of phenols is 2. The second kappa shape index (κ2) is 4.47. The zero-order valence-corrected chi connectivity index (χ0v) is 11.3. The second-order valence-corrected chi connectivity index (χ2v) is 5.75. The average molecular weight is 293 g/mol. The fourth-order valence-electron chi connectivity index (χ4n) is 2.12. The molecular formula is C14H9ClO3S. The number of rotatable bonds is 0. The van der Waals surface area contributed by atoms with Crippen molar-refractivity contribution in [1.82, 2.24) is 0 Å². The van der Waals surface area contributed by atoms with Gasteiger partial charge >= 0.3 is 0 Å². The van der Waals surface area contributed by atoms with E-state index in [-0.39, 0.29) is 29.3 Å². The van der Waals surface area contributed by atoms with Crippen molar-refractivity contribution in [3.8, 4) is 11.5 Å². The van der Waals surface area contributed by atoms with Crippen molar-refractivity contribution < 1.29 is 15.0 Å². The van der Waals surface area contributed by atoms with Gasteiger partial charge in [0.25, 0.3) is 0 Å². The number of ketones is 1. The van der Waals surface area contributed by atoms with E-state index in [1.165, 1.54) is 23.9 Å². The van der Waals surface area contributed by atoms with Crippen molar-refractivity contribution in [3.63, 3.8) is 0 Å². The minimum absolute atomic E-state index is 0.0676. The van der Waals surface area contributed by atoms with Gasteiger partial charge in [-0.1, -0.05) is 29.4 Å². The van der Waals surface area contributed by atoms with Gasteiger partial charge in [-0.3, -0.25) is 4.79 Å². The SMILES string of the molecule is O=C1Cc2c(Cl)cccc2Sc2cc(O)cc(O)c21.